The molecule has 0 saturated heterocycles. The summed E-state index contributed by atoms with van der Waals surface area (Å²) in [6, 6.07) is 2.68. The lowest BCUT2D eigenvalue weighted by atomic mass is 9.74. The van der Waals surface area contributed by atoms with E-state index < -0.39 is 23.8 Å². The van der Waals surface area contributed by atoms with Crippen molar-refractivity contribution in [2.24, 2.45) is 11.8 Å². The van der Waals surface area contributed by atoms with Gasteiger partial charge in [-0.2, -0.15) is 0 Å². The highest BCUT2D eigenvalue weighted by atomic mass is 35.5. The largest absolute Gasteiger partial charge is 0.481 e. The van der Waals surface area contributed by atoms with Crippen molar-refractivity contribution >= 4 is 17.6 Å². The molecule has 110 valence electrons. The number of carboxylic acids is 1. The summed E-state index contributed by atoms with van der Waals surface area (Å²) in [5.74, 6) is -2.25. The number of aryl methyl sites for hydroxylation is 1. The molecule has 5 heteroatoms. The van der Waals surface area contributed by atoms with Gasteiger partial charge in [0, 0.05) is 10.9 Å². The first-order chi connectivity index (χ1) is 9.41. The average Bonchev–Trinajstić information content (AvgIpc) is 2.42. The average molecular weight is 301 g/mol. The summed E-state index contributed by atoms with van der Waals surface area (Å²) in [6.07, 6.45) is 1.99. The molecule has 3 nitrogen and oxygen atoms in total. The highest BCUT2D eigenvalue weighted by Crippen LogP contribution is 2.41. The molecule has 0 bridgehead atoms. The van der Waals surface area contributed by atoms with Crippen molar-refractivity contribution in [3.8, 4) is 0 Å². The van der Waals surface area contributed by atoms with Crippen molar-refractivity contribution < 1.29 is 19.4 Å². The van der Waals surface area contributed by atoms with Gasteiger partial charge in [0.25, 0.3) is 0 Å². The molecule has 0 amide bonds. The standard InChI is InChI=1S/C15H18ClFO3/c1-8-6-11(12(16)7-13(8)17)14(18)9-4-2-3-5-10(9)15(19)20/h6-7,9-10,14,18H,2-5H2,1H3,(H,19,20). The Bertz CT molecular complexity index is 518. The maximum absolute atomic E-state index is 13.4. The molecule has 1 aliphatic carbocycles. The molecule has 1 saturated carbocycles. The quantitative estimate of drug-likeness (QED) is 0.894. The predicted molar refractivity (Wildman–Crippen MR) is 74.2 cm³/mol. The van der Waals surface area contributed by atoms with E-state index >= 15 is 0 Å². The second-order valence-electron chi connectivity index (χ2n) is 5.46. The molecule has 2 rings (SSSR count). The van der Waals surface area contributed by atoms with Crippen molar-refractivity contribution in [1.82, 2.24) is 0 Å². The van der Waals surface area contributed by atoms with Crippen LogP contribution in [-0.4, -0.2) is 16.2 Å². The predicted octanol–water partition coefficient (Wildman–Crippen LogP) is 3.71. The topological polar surface area (TPSA) is 57.5 Å². The maximum atomic E-state index is 13.4. The Balaban J connectivity index is 2.32. The molecule has 3 unspecified atom stereocenters. The lowest BCUT2D eigenvalue weighted by Crippen LogP contribution is -2.31. The summed E-state index contributed by atoms with van der Waals surface area (Å²) >= 11 is 6.00. The summed E-state index contributed by atoms with van der Waals surface area (Å²) in [6.45, 7) is 1.59. The fraction of sp³-hybridized carbons (Fsp3) is 0.533. The molecule has 0 aromatic heterocycles. The van der Waals surface area contributed by atoms with Crippen molar-refractivity contribution in [2.75, 3.05) is 0 Å². The van der Waals surface area contributed by atoms with Crippen LogP contribution in [0.3, 0.4) is 0 Å². The minimum atomic E-state index is -0.969. The Labute approximate surface area is 122 Å². The zero-order chi connectivity index (χ0) is 14.9. The zero-order valence-corrected chi connectivity index (χ0v) is 12.0. The molecule has 20 heavy (non-hydrogen) atoms. The van der Waals surface area contributed by atoms with Gasteiger partial charge in [-0.05, 0) is 43.0 Å². The molecule has 0 aliphatic heterocycles. The number of benzene rings is 1. The van der Waals surface area contributed by atoms with Crippen molar-refractivity contribution in [3.05, 3.63) is 34.1 Å². The van der Waals surface area contributed by atoms with Crippen LogP contribution in [0.4, 0.5) is 4.39 Å². The first kappa shape index (κ1) is 15.3. The number of rotatable bonds is 3. The lowest BCUT2D eigenvalue weighted by molar-refractivity contribution is -0.147. The number of halogens is 2. The minimum Gasteiger partial charge on any atom is -0.481 e. The van der Waals surface area contributed by atoms with Gasteiger partial charge in [0.2, 0.25) is 0 Å². The van der Waals surface area contributed by atoms with Crippen LogP contribution in [-0.2, 0) is 4.79 Å². The molecule has 3 atom stereocenters. The van der Waals surface area contributed by atoms with Gasteiger partial charge in [0.05, 0.1) is 12.0 Å². The van der Waals surface area contributed by atoms with E-state index in [1.54, 1.807) is 6.92 Å². The van der Waals surface area contributed by atoms with Crippen LogP contribution in [0.2, 0.25) is 5.02 Å². The summed E-state index contributed by atoms with van der Waals surface area (Å²) in [5, 5.41) is 19.9. The molecule has 1 fully saturated rings. The molecule has 0 spiro atoms. The van der Waals surface area contributed by atoms with E-state index in [4.69, 9.17) is 11.6 Å². The Kier molecular flexibility index (Phi) is 4.66. The molecule has 2 N–H and O–H groups in total. The number of aliphatic carboxylic acids is 1. The van der Waals surface area contributed by atoms with Gasteiger partial charge in [0.15, 0.2) is 0 Å². The minimum absolute atomic E-state index is 0.148. The first-order valence-corrected chi connectivity index (χ1v) is 7.16. The van der Waals surface area contributed by atoms with E-state index in [1.807, 2.05) is 0 Å². The third-order valence-corrected chi connectivity index (χ3v) is 4.47. The summed E-state index contributed by atoms with van der Waals surface area (Å²) < 4.78 is 13.4. The maximum Gasteiger partial charge on any atom is 0.306 e. The van der Waals surface area contributed by atoms with Crippen LogP contribution >= 0.6 is 11.6 Å². The Morgan fingerprint density at radius 3 is 2.70 bits per heavy atom. The third-order valence-electron chi connectivity index (χ3n) is 4.14. The van der Waals surface area contributed by atoms with Gasteiger partial charge in [-0.25, -0.2) is 4.39 Å². The van der Waals surface area contributed by atoms with E-state index in [0.29, 0.717) is 24.0 Å². The van der Waals surface area contributed by atoms with Gasteiger partial charge in [0.1, 0.15) is 5.82 Å². The van der Waals surface area contributed by atoms with Gasteiger partial charge in [-0.15, -0.1) is 0 Å². The van der Waals surface area contributed by atoms with Crippen LogP contribution in [0.15, 0.2) is 12.1 Å². The van der Waals surface area contributed by atoms with Gasteiger partial charge in [-0.3, -0.25) is 4.79 Å². The smallest absolute Gasteiger partial charge is 0.306 e. The highest BCUT2D eigenvalue weighted by molar-refractivity contribution is 6.31. The molecular weight excluding hydrogens is 283 g/mol. The Morgan fingerprint density at radius 2 is 2.05 bits per heavy atom. The van der Waals surface area contributed by atoms with Gasteiger partial charge in [-0.1, -0.05) is 24.4 Å². The number of carboxylic acid groups (broad SMARTS) is 1. The second kappa shape index (κ2) is 6.10. The van der Waals surface area contributed by atoms with Crippen LogP contribution in [0.25, 0.3) is 0 Å². The van der Waals surface area contributed by atoms with Crippen molar-refractivity contribution in [3.63, 3.8) is 0 Å². The highest BCUT2D eigenvalue weighted by Gasteiger charge is 2.36. The van der Waals surface area contributed by atoms with Crippen molar-refractivity contribution in [1.29, 1.82) is 0 Å². The Morgan fingerprint density at radius 1 is 1.40 bits per heavy atom. The van der Waals surface area contributed by atoms with E-state index in [0.717, 1.165) is 12.8 Å². The number of carbonyl (C=O) groups is 1. The SMILES string of the molecule is Cc1cc(C(O)C2CCCCC2C(=O)O)c(Cl)cc1F. The molecule has 1 aromatic carbocycles. The van der Waals surface area contributed by atoms with Crippen molar-refractivity contribution in [2.45, 2.75) is 38.7 Å². The van der Waals surface area contributed by atoms with E-state index in [-0.39, 0.29) is 10.9 Å². The number of aliphatic hydroxyl groups is 1. The lowest BCUT2D eigenvalue weighted by Gasteiger charge is -2.32. The van der Waals surface area contributed by atoms with Gasteiger partial charge >= 0.3 is 5.97 Å². The monoisotopic (exact) mass is 300 g/mol. The molecular formula is C15H18ClFO3. The molecule has 0 radical (unpaired) electrons. The van der Waals surface area contributed by atoms with Gasteiger partial charge < -0.3 is 10.2 Å². The van der Waals surface area contributed by atoms with Crippen LogP contribution in [0, 0.1) is 24.6 Å². The van der Waals surface area contributed by atoms with E-state index in [1.165, 1.54) is 12.1 Å². The van der Waals surface area contributed by atoms with Crippen LogP contribution in [0.1, 0.15) is 42.9 Å². The van der Waals surface area contributed by atoms with Crippen LogP contribution < -0.4 is 0 Å². The second-order valence-corrected chi connectivity index (χ2v) is 5.87. The molecule has 0 heterocycles. The fourth-order valence-corrected chi connectivity index (χ4v) is 3.24. The fourth-order valence-electron chi connectivity index (χ4n) is 2.98. The summed E-state index contributed by atoms with van der Waals surface area (Å²) in [5.41, 5.74) is 0.815. The summed E-state index contributed by atoms with van der Waals surface area (Å²) in [4.78, 5) is 11.3. The summed E-state index contributed by atoms with van der Waals surface area (Å²) in [7, 11) is 0. The normalized spacial score (nSPS) is 24.4. The Hall–Kier alpha value is -1.13. The molecule has 1 aliphatic rings. The van der Waals surface area contributed by atoms with E-state index in [2.05, 4.69) is 0 Å². The van der Waals surface area contributed by atoms with Crippen LogP contribution in [0.5, 0.6) is 0 Å². The number of hydrogen-bond donors (Lipinski definition) is 2. The third kappa shape index (κ3) is 2.96. The number of hydrogen-bond acceptors (Lipinski definition) is 2. The molecule has 1 aromatic rings. The zero-order valence-electron chi connectivity index (χ0n) is 11.3. The number of aliphatic hydroxyl groups excluding tert-OH is 1. The first-order valence-electron chi connectivity index (χ1n) is 6.78. The van der Waals surface area contributed by atoms with E-state index in [9.17, 15) is 19.4 Å².